The minimum absolute atomic E-state index is 0. The molecule has 0 aliphatic heterocycles. The molecule has 0 amide bonds. The van der Waals surface area contributed by atoms with Crippen LogP contribution in [0.3, 0.4) is 0 Å². The predicted octanol–water partition coefficient (Wildman–Crippen LogP) is 3.35. The second-order valence-corrected chi connectivity index (χ2v) is 18.3. The molecule has 0 spiro atoms. The fourth-order valence-corrected chi connectivity index (χ4v) is 4.40. The molecule has 6 rings (SSSR count). The summed E-state index contributed by atoms with van der Waals surface area (Å²) in [5.41, 5.74) is 5.52. The second kappa shape index (κ2) is 14.1. The number of hydrogen-bond donors (Lipinski definition) is 0. The normalized spacial score (nSPS) is 9.94. The van der Waals surface area contributed by atoms with Gasteiger partial charge in [-0.3, -0.25) is 0 Å². The van der Waals surface area contributed by atoms with Gasteiger partial charge in [0.05, 0.1) is 0 Å². The Morgan fingerprint density at radius 2 is 1.31 bits per heavy atom. The van der Waals surface area contributed by atoms with Gasteiger partial charge in [-0.1, -0.05) is 77.4 Å². The molecule has 4 heteroatoms. The van der Waals surface area contributed by atoms with Gasteiger partial charge in [0, 0.05) is 0 Å². The molecule has 0 fully saturated rings. The first kappa shape index (κ1) is 30.3. The maximum absolute atomic E-state index is 2.31. The zero-order chi connectivity index (χ0) is 24.1. The first-order chi connectivity index (χ1) is 16.4. The summed E-state index contributed by atoms with van der Waals surface area (Å²) in [4.78, 5) is 0. The van der Waals surface area contributed by atoms with Gasteiger partial charge in [0.2, 0.25) is 0 Å². The number of benzene rings is 4. The maximum Gasteiger partial charge on any atom is -0.0469 e. The average molecular weight is 605 g/mol. The summed E-state index contributed by atoms with van der Waals surface area (Å²) < 4.78 is 0. The Morgan fingerprint density at radius 3 is 2.03 bits per heavy atom. The molecule has 0 nitrogen and oxygen atoms in total. The molecule has 0 saturated heterocycles. The molecule has 0 heterocycles. The molecule has 0 aliphatic carbocycles. The van der Waals surface area contributed by atoms with Crippen LogP contribution in [0.15, 0.2) is 109 Å². The van der Waals surface area contributed by atoms with E-state index in [4.69, 9.17) is 0 Å². The van der Waals surface area contributed by atoms with E-state index in [1.165, 1.54) is 54.6 Å². The summed E-state index contributed by atoms with van der Waals surface area (Å²) in [5.74, 6) is 0. The Kier molecular flexibility index (Phi) is 11.9. The summed E-state index contributed by atoms with van der Waals surface area (Å²) in [6, 6.07) is 38.9. The van der Waals surface area contributed by atoms with Crippen molar-refractivity contribution in [1.29, 1.82) is 0 Å². The van der Waals surface area contributed by atoms with Crippen LogP contribution >= 0.6 is 0 Å². The van der Waals surface area contributed by atoms with Gasteiger partial charge in [0.25, 0.3) is 0 Å². The van der Waals surface area contributed by atoms with Crippen LogP contribution in [0, 0.1) is 13.8 Å². The van der Waals surface area contributed by atoms with Crippen LogP contribution in [0.2, 0.25) is 13.1 Å². The van der Waals surface area contributed by atoms with E-state index >= 15 is 0 Å². The molecular weight excluding hydrogens is 575 g/mol. The van der Waals surface area contributed by atoms with Crippen molar-refractivity contribution in [2.45, 2.75) is 26.9 Å². The fourth-order valence-electron chi connectivity index (χ4n) is 4.40. The van der Waals surface area contributed by atoms with E-state index in [-0.39, 0.29) is 30.2 Å². The van der Waals surface area contributed by atoms with Gasteiger partial charge in [0.15, 0.2) is 0 Å². The van der Waals surface area contributed by atoms with Crippen molar-refractivity contribution < 1.29 is 48.1 Å². The van der Waals surface area contributed by atoms with E-state index in [0.29, 0.717) is 0 Å². The zero-order valence-electron chi connectivity index (χ0n) is 21.1. The monoisotopic (exact) mass is 602 g/mol. The van der Waals surface area contributed by atoms with Crippen LogP contribution in [0.25, 0.3) is 43.4 Å². The van der Waals surface area contributed by atoms with Gasteiger partial charge in [-0.05, 0) is 13.8 Å². The number of halogens is 2. The van der Waals surface area contributed by atoms with Gasteiger partial charge >= 0.3 is 41.9 Å². The molecule has 6 aromatic carbocycles. The summed E-state index contributed by atoms with van der Waals surface area (Å²) in [7, 11) is 0. The first-order valence-electron chi connectivity index (χ1n) is 11.7. The Labute approximate surface area is 242 Å². The number of rotatable bonds is 1. The van der Waals surface area contributed by atoms with E-state index in [2.05, 4.69) is 136 Å². The molecule has 0 unspecified atom stereocenters. The van der Waals surface area contributed by atoms with Crippen LogP contribution in [0.1, 0.15) is 11.1 Å². The second-order valence-electron chi connectivity index (χ2n) is 8.97. The quantitative estimate of drug-likeness (QED) is 0.200. The minimum Gasteiger partial charge on any atom is -1.00 e. The van der Waals surface area contributed by atoms with Gasteiger partial charge in [-0.15, -0.1) is 86.4 Å². The van der Waals surface area contributed by atoms with Gasteiger partial charge in [-0.2, -0.15) is 0 Å². The van der Waals surface area contributed by atoms with Crippen LogP contribution in [-0.4, -0.2) is 5.43 Å². The summed E-state index contributed by atoms with van der Waals surface area (Å²) >= 11 is 1.74. The van der Waals surface area contributed by atoms with Gasteiger partial charge in [0.1, 0.15) is 0 Å². The fraction of sp³-hybridized carbons (Fsp3) is 0.125. The summed E-state index contributed by atoms with van der Waals surface area (Å²) in [5, 5.41) is 8.16. The van der Waals surface area contributed by atoms with Crippen molar-refractivity contribution in [3.63, 3.8) is 0 Å². The van der Waals surface area contributed by atoms with Crippen molar-refractivity contribution in [1.82, 2.24) is 0 Å². The van der Waals surface area contributed by atoms with Crippen LogP contribution in [-0.2, 0) is 23.3 Å². The Hall–Kier alpha value is -1.96. The molecule has 182 valence electrons. The van der Waals surface area contributed by atoms with Crippen LogP contribution < -0.4 is 24.8 Å². The first-order valence-corrected chi connectivity index (χ1v) is 17.9. The Morgan fingerprint density at radius 1 is 0.667 bits per heavy atom. The van der Waals surface area contributed by atoms with E-state index in [1.54, 1.807) is 23.3 Å². The van der Waals surface area contributed by atoms with Crippen molar-refractivity contribution in [3.05, 3.63) is 120 Å². The Bertz CT molecular complexity index is 1560. The smallest absolute Gasteiger partial charge is 0.0469 e. The standard InChI is InChI=1S/C15H13.C15H11.C2H6Si.2ClH.Zr/c1-10-6-7-14-13(8-10)9-12-5-3-4-11(2)15(12)14;1-2-6-12(7-3-1)15-11-10-13-8-4-5-9-14(13)15;1-3-2;;;/h3-9H,1-2H3;1-11H;1-2H3;2*1H;/q2*-1;;;;+2/p-2. The molecule has 36 heavy (non-hydrogen) atoms. The molecular formula is C32H30Cl2SiZr-2. The minimum atomic E-state index is 0. The van der Waals surface area contributed by atoms with Gasteiger partial charge in [-0.25, -0.2) is 0 Å². The van der Waals surface area contributed by atoms with Crippen molar-refractivity contribution >= 4 is 37.8 Å². The molecule has 0 saturated carbocycles. The molecule has 0 N–H and O–H groups in total. The number of hydrogen-bond acceptors (Lipinski definition) is 0. The van der Waals surface area contributed by atoms with Gasteiger partial charge < -0.3 is 24.8 Å². The van der Waals surface area contributed by atoms with Crippen LogP contribution in [0.5, 0.6) is 0 Å². The van der Waals surface area contributed by atoms with E-state index in [1.807, 2.05) is 0 Å². The largest absolute Gasteiger partial charge is 1.00 e. The third-order valence-electron chi connectivity index (χ3n) is 5.86. The molecule has 6 aromatic rings. The molecule has 0 bridgehead atoms. The summed E-state index contributed by atoms with van der Waals surface area (Å²) in [6.45, 7) is 8.94. The average Bonchev–Trinajstić information content (AvgIpc) is 3.41. The number of fused-ring (bicyclic) bond motifs is 4. The van der Waals surface area contributed by atoms with E-state index < -0.39 is 0 Å². The molecule has 0 atom stereocenters. The van der Waals surface area contributed by atoms with Crippen molar-refractivity contribution in [2.75, 3.05) is 0 Å². The topological polar surface area (TPSA) is 0 Å². The molecule has 0 aliphatic rings. The Balaban J connectivity index is 0.000000211. The van der Waals surface area contributed by atoms with Crippen molar-refractivity contribution in [2.24, 2.45) is 0 Å². The molecule has 0 radical (unpaired) electrons. The van der Waals surface area contributed by atoms with Crippen molar-refractivity contribution in [3.8, 4) is 11.1 Å². The zero-order valence-corrected chi connectivity index (χ0v) is 26.1. The SMILES string of the molecule is C[Si](C)=[Zr+2].Cc1ccc2c(c1)[cH-]c1cccc(C)c12.[Cl-].[Cl-].c1ccc(-c2c[cH-]c3ccccc23)cc1. The number of aryl methyl sites for hydroxylation is 2. The third-order valence-corrected chi connectivity index (χ3v) is 5.86. The maximum atomic E-state index is 2.31. The van der Waals surface area contributed by atoms with Crippen LogP contribution in [0.4, 0.5) is 0 Å². The van der Waals surface area contributed by atoms with E-state index in [0.717, 1.165) is 0 Å². The molecule has 0 aromatic heterocycles. The third kappa shape index (κ3) is 7.30. The summed E-state index contributed by atoms with van der Waals surface area (Å²) in [6.07, 6.45) is 0. The van der Waals surface area contributed by atoms with E-state index in [9.17, 15) is 0 Å². The predicted molar refractivity (Wildman–Crippen MR) is 149 cm³/mol.